The van der Waals surface area contributed by atoms with E-state index in [1.54, 1.807) is 19.1 Å². The number of nitrogens with zero attached hydrogens (tertiary/aromatic N) is 2. The van der Waals surface area contributed by atoms with Gasteiger partial charge < -0.3 is 36.4 Å². The maximum atomic E-state index is 13.7. The molecule has 4 rings (SSSR count). The zero-order valence-corrected chi connectivity index (χ0v) is 24.2. The summed E-state index contributed by atoms with van der Waals surface area (Å²) >= 11 is 0. The van der Waals surface area contributed by atoms with Gasteiger partial charge in [-0.05, 0) is 55.2 Å². The molecule has 10 heteroatoms. The number of benzene rings is 3. The van der Waals surface area contributed by atoms with Gasteiger partial charge in [0.25, 0.3) is 11.8 Å². The van der Waals surface area contributed by atoms with Gasteiger partial charge in [-0.15, -0.1) is 0 Å². The number of hydrogen-bond donors (Lipinski definition) is 5. The minimum Gasteiger partial charge on any atom is -0.508 e. The molecule has 3 amide bonds. The second-order valence-corrected chi connectivity index (χ2v) is 10.9. The number of nitrogens with one attached hydrogen (secondary N) is 2. The van der Waals surface area contributed by atoms with Gasteiger partial charge in [-0.1, -0.05) is 48.5 Å². The normalized spacial score (nSPS) is 17.8. The molecule has 4 atom stereocenters. The summed E-state index contributed by atoms with van der Waals surface area (Å²) in [4.78, 5) is 43.4. The number of likely N-dealkylation sites (tertiary alicyclic amines) is 1. The van der Waals surface area contributed by atoms with Crippen LogP contribution >= 0.6 is 0 Å². The van der Waals surface area contributed by atoms with E-state index < -0.39 is 36.0 Å². The van der Waals surface area contributed by atoms with Gasteiger partial charge in [0, 0.05) is 50.0 Å². The first-order valence-corrected chi connectivity index (χ1v) is 14.0. The Morgan fingerprint density at radius 1 is 1.00 bits per heavy atom. The van der Waals surface area contributed by atoms with Crippen LogP contribution in [0.2, 0.25) is 0 Å². The van der Waals surface area contributed by atoms with E-state index in [0.717, 1.165) is 16.8 Å². The van der Waals surface area contributed by atoms with Crippen molar-refractivity contribution >= 4 is 23.4 Å². The van der Waals surface area contributed by atoms with E-state index in [1.807, 2.05) is 73.6 Å². The maximum absolute atomic E-state index is 13.7. The van der Waals surface area contributed by atoms with Crippen molar-refractivity contribution in [1.29, 1.82) is 0 Å². The summed E-state index contributed by atoms with van der Waals surface area (Å²) in [5.74, 6) is -1.62. The van der Waals surface area contributed by atoms with Crippen LogP contribution in [-0.2, 0) is 22.6 Å². The Bertz CT molecular complexity index is 1400. The first-order chi connectivity index (χ1) is 20.0. The summed E-state index contributed by atoms with van der Waals surface area (Å²) in [5.41, 5.74) is 9.53. The Morgan fingerprint density at radius 3 is 2.36 bits per heavy atom. The Labute approximate surface area is 246 Å². The molecule has 0 aromatic heterocycles. The minimum atomic E-state index is -1.65. The van der Waals surface area contributed by atoms with E-state index in [1.165, 1.54) is 11.0 Å². The first-order valence-electron chi connectivity index (χ1n) is 14.0. The molecule has 1 aliphatic rings. The van der Waals surface area contributed by atoms with Crippen LogP contribution in [-0.4, -0.2) is 77.7 Å². The molecule has 1 fully saturated rings. The zero-order chi connectivity index (χ0) is 30.4. The summed E-state index contributed by atoms with van der Waals surface area (Å²) in [6, 6.07) is 19.2. The van der Waals surface area contributed by atoms with Crippen LogP contribution in [0, 0.1) is 6.92 Å². The van der Waals surface area contributed by atoms with E-state index in [9.17, 15) is 24.6 Å². The average Bonchev–Trinajstić information content (AvgIpc) is 3.38. The minimum absolute atomic E-state index is 0.0348. The molecule has 3 aromatic carbocycles. The Morgan fingerprint density at radius 2 is 1.69 bits per heavy atom. The number of hydrogen-bond acceptors (Lipinski definition) is 7. The number of carbonyl (C=O) groups is 3. The van der Waals surface area contributed by atoms with E-state index in [-0.39, 0.29) is 43.2 Å². The summed E-state index contributed by atoms with van der Waals surface area (Å²) in [7, 11) is 3.90. The molecule has 0 spiro atoms. The van der Waals surface area contributed by atoms with Crippen LogP contribution in [0.25, 0.3) is 0 Å². The molecule has 222 valence electrons. The fourth-order valence-electron chi connectivity index (χ4n) is 5.15. The van der Waals surface area contributed by atoms with Crippen molar-refractivity contribution in [3.63, 3.8) is 0 Å². The smallest absolute Gasteiger partial charge is 0.254 e. The van der Waals surface area contributed by atoms with Crippen molar-refractivity contribution in [2.45, 2.75) is 50.5 Å². The van der Waals surface area contributed by atoms with Crippen LogP contribution in [0.5, 0.6) is 5.75 Å². The number of carbonyl (C=O) groups excluding carboxylic acids is 3. The highest BCUT2D eigenvalue weighted by Crippen LogP contribution is 2.22. The van der Waals surface area contributed by atoms with Crippen molar-refractivity contribution in [2.24, 2.45) is 5.73 Å². The fourth-order valence-corrected chi connectivity index (χ4v) is 5.15. The highest BCUT2D eigenvalue weighted by molar-refractivity contribution is 5.97. The van der Waals surface area contributed by atoms with Crippen molar-refractivity contribution < 1.29 is 24.6 Å². The number of aliphatic hydroxyl groups excluding tert-OH is 1. The Balaban J connectivity index is 1.49. The highest BCUT2D eigenvalue weighted by Gasteiger charge is 2.42. The second kappa shape index (κ2) is 13.5. The monoisotopic (exact) mass is 573 g/mol. The number of rotatable bonds is 10. The van der Waals surface area contributed by atoms with Gasteiger partial charge in [-0.2, -0.15) is 0 Å². The third kappa shape index (κ3) is 7.26. The number of aliphatic hydroxyl groups is 1. The van der Waals surface area contributed by atoms with Crippen molar-refractivity contribution in [2.75, 3.05) is 25.5 Å². The van der Waals surface area contributed by atoms with Gasteiger partial charge in [0.15, 0.2) is 6.10 Å². The van der Waals surface area contributed by atoms with Gasteiger partial charge in [-0.3, -0.25) is 14.4 Å². The fraction of sp³-hybridized carbons (Fsp3) is 0.344. The van der Waals surface area contributed by atoms with Crippen molar-refractivity contribution in [3.8, 4) is 5.75 Å². The van der Waals surface area contributed by atoms with E-state index >= 15 is 0 Å². The van der Waals surface area contributed by atoms with E-state index in [0.29, 0.717) is 5.56 Å². The van der Waals surface area contributed by atoms with Gasteiger partial charge in [-0.25, -0.2) is 0 Å². The number of phenols is 1. The van der Waals surface area contributed by atoms with Crippen LogP contribution in [0.4, 0.5) is 5.69 Å². The SMILES string of the molecule is Cc1c(O)cccc1C(=O)NC(Cc1ccccc1)C(O)C(=O)N1CC(N)CC1C(=O)NCc1ccc(N(C)C)cc1. The highest BCUT2D eigenvalue weighted by atomic mass is 16.3. The predicted molar refractivity (Wildman–Crippen MR) is 161 cm³/mol. The third-order valence-electron chi connectivity index (χ3n) is 7.64. The standard InChI is InChI=1S/C32H39N5O5/c1-20-25(10-7-11-28(20)38)30(40)35-26(16-21-8-5-4-6-9-21)29(39)32(42)37-19-23(33)17-27(37)31(41)34-18-22-12-14-24(15-13-22)36(2)3/h4-15,23,26-27,29,38-39H,16-19,33H2,1-3H3,(H,34,41)(H,35,40). The second-order valence-electron chi connectivity index (χ2n) is 10.9. The van der Waals surface area contributed by atoms with Gasteiger partial charge >= 0.3 is 0 Å². The molecule has 0 radical (unpaired) electrons. The molecule has 42 heavy (non-hydrogen) atoms. The number of amides is 3. The van der Waals surface area contributed by atoms with E-state index in [2.05, 4.69) is 10.6 Å². The van der Waals surface area contributed by atoms with Crippen molar-refractivity contribution in [3.05, 3.63) is 95.1 Å². The molecule has 0 saturated carbocycles. The van der Waals surface area contributed by atoms with Crippen LogP contribution in [0.3, 0.4) is 0 Å². The molecular formula is C32H39N5O5. The molecule has 1 heterocycles. The molecule has 4 unspecified atom stereocenters. The topological polar surface area (TPSA) is 148 Å². The quantitative estimate of drug-likeness (QED) is 0.248. The lowest BCUT2D eigenvalue weighted by atomic mass is 9.98. The summed E-state index contributed by atoms with van der Waals surface area (Å²) in [5, 5.41) is 27.1. The molecule has 3 aromatic rings. The largest absolute Gasteiger partial charge is 0.508 e. The predicted octanol–water partition coefficient (Wildman–Crippen LogP) is 1.71. The molecule has 10 nitrogen and oxygen atoms in total. The van der Waals surface area contributed by atoms with Gasteiger partial charge in [0.2, 0.25) is 5.91 Å². The number of aromatic hydroxyl groups is 1. The van der Waals surface area contributed by atoms with E-state index in [4.69, 9.17) is 5.73 Å². The maximum Gasteiger partial charge on any atom is 0.254 e. The number of phenolic OH excluding ortho intramolecular Hbond substituents is 1. The van der Waals surface area contributed by atoms with Crippen LogP contribution in [0.1, 0.15) is 33.5 Å². The van der Waals surface area contributed by atoms with Gasteiger partial charge in [0.05, 0.1) is 6.04 Å². The van der Waals surface area contributed by atoms with Crippen LogP contribution < -0.4 is 21.3 Å². The average molecular weight is 574 g/mol. The summed E-state index contributed by atoms with van der Waals surface area (Å²) in [6.45, 7) is 1.99. The van der Waals surface area contributed by atoms with Crippen LogP contribution in [0.15, 0.2) is 72.8 Å². The zero-order valence-electron chi connectivity index (χ0n) is 24.2. The van der Waals surface area contributed by atoms with Crippen molar-refractivity contribution in [1.82, 2.24) is 15.5 Å². The molecule has 6 N–H and O–H groups in total. The van der Waals surface area contributed by atoms with Gasteiger partial charge in [0.1, 0.15) is 11.8 Å². The number of nitrogens with two attached hydrogens (primary N) is 1. The molecule has 1 aliphatic heterocycles. The molecular weight excluding hydrogens is 534 g/mol. The Kier molecular flexibility index (Phi) is 9.82. The summed E-state index contributed by atoms with van der Waals surface area (Å²) < 4.78 is 0. The lowest BCUT2D eigenvalue weighted by molar-refractivity contribution is -0.146. The Hall–Kier alpha value is -4.41. The molecule has 1 saturated heterocycles. The molecule has 0 bridgehead atoms. The number of anilines is 1. The first kappa shape index (κ1) is 30.5. The summed E-state index contributed by atoms with van der Waals surface area (Å²) in [6.07, 6.45) is -1.23. The lowest BCUT2D eigenvalue weighted by Crippen LogP contribution is -2.55. The molecule has 0 aliphatic carbocycles. The lowest BCUT2D eigenvalue weighted by Gasteiger charge is -2.30. The third-order valence-corrected chi connectivity index (χ3v) is 7.64.